The summed E-state index contributed by atoms with van der Waals surface area (Å²) in [6.45, 7) is 3.97. The fraction of sp³-hybridized carbons (Fsp3) is 0.200. The largest absolute Gasteiger partial charge is 0.348 e. The summed E-state index contributed by atoms with van der Waals surface area (Å²) in [6.07, 6.45) is 0. The lowest BCUT2D eigenvalue weighted by molar-refractivity contribution is 0.0947. The molecule has 0 fully saturated rings. The lowest BCUT2D eigenvalue weighted by Gasteiger charge is -2.14. The van der Waals surface area contributed by atoms with Gasteiger partial charge in [0.2, 0.25) is 0 Å². The summed E-state index contributed by atoms with van der Waals surface area (Å²) in [5.41, 5.74) is 2.44. The zero-order valence-corrected chi connectivity index (χ0v) is 15.3. The van der Waals surface area contributed by atoms with Crippen LogP contribution in [0.25, 0.3) is 10.9 Å². The van der Waals surface area contributed by atoms with Crippen LogP contribution < -0.4 is 5.32 Å². The summed E-state index contributed by atoms with van der Waals surface area (Å²) in [7, 11) is 0. The molecule has 3 nitrogen and oxygen atoms in total. The molecule has 2 aromatic carbocycles. The standard InChI is InChI=1S/C20H18F2N2OS/c1-3-26-20-18(12(2)16-10-15(22)7-8-17(16)24-20)19(25)23-11-13-5-4-6-14(21)9-13/h4-10H,3,11H2,1-2H3,(H,23,25). The van der Waals surface area contributed by atoms with Crippen LogP contribution in [-0.2, 0) is 6.54 Å². The number of aryl methyl sites for hydroxylation is 1. The summed E-state index contributed by atoms with van der Waals surface area (Å²) >= 11 is 1.46. The molecule has 26 heavy (non-hydrogen) atoms. The first-order valence-electron chi connectivity index (χ1n) is 8.25. The van der Waals surface area contributed by atoms with Crippen molar-refractivity contribution in [3.63, 3.8) is 0 Å². The van der Waals surface area contributed by atoms with Gasteiger partial charge in [-0.3, -0.25) is 4.79 Å². The minimum absolute atomic E-state index is 0.202. The summed E-state index contributed by atoms with van der Waals surface area (Å²) in [5.74, 6) is -0.271. The average Bonchev–Trinajstić information content (AvgIpc) is 2.61. The monoisotopic (exact) mass is 372 g/mol. The van der Waals surface area contributed by atoms with Gasteiger partial charge in [-0.25, -0.2) is 13.8 Å². The van der Waals surface area contributed by atoms with Crippen molar-refractivity contribution in [1.82, 2.24) is 10.3 Å². The molecule has 0 radical (unpaired) electrons. The number of thioether (sulfide) groups is 1. The number of hydrogen-bond donors (Lipinski definition) is 1. The Morgan fingerprint density at radius 2 is 1.92 bits per heavy atom. The Bertz CT molecular complexity index is 975. The summed E-state index contributed by atoms with van der Waals surface area (Å²) < 4.78 is 26.9. The quantitative estimate of drug-likeness (QED) is 0.650. The Balaban J connectivity index is 1.97. The van der Waals surface area contributed by atoms with Gasteiger partial charge in [0.05, 0.1) is 11.1 Å². The molecule has 0 aliphatic rings. The second-order valence-corrected chi connectivity index (χ2v) is 7.08. The van der Waals surface area contributed by atoms with Crippen molar-refractivity contribution < 1.29 is 13.6 Å². The number of carbonyl (C=O) groups excluding carboxylic acids is 1. The van der Waals surface area contributed by atoms with Crippen LogP contribution in [0.3, 0.4) is 0 Å². The van der Waals surface area contributed by atoms with Gasteiger partial charge in [0.1, 0.15) is 16.7 Å². The third-order valence-electron chi connectivity index (χ3n) is 4.02. The maximum Gasteiger partial charge on any atom is 0.254 e. The maximum atomic E-state index is 13.6. The van der Waals surface area contributed by atoms with Gasteiger partial charge in [-0.1, -0.05) is 19.1 Å². The highest BCUT2D eigenvalue weighted by atomic mass is 32.2. The number of aromatic nitrogens is 1. The predicted octanol–water partition coefficient (Wildman–Crippen LogP) is 4.86. The molecule has 6 heteroatoms. The number of benzene rings is 2. The molecule has 1 aromatic heterocycles. The Morgan fingerprint density at radius 3 is 2.65 bits per heavy atom. The summed E-state index contributed by atoms with van der Waals surface area (Å²) in [6, 6.07) is 10.4. The van der Waals surface area contributed by atoms with E-state index in [1.165, 1.54) is 36.0 Å². The number of nitrogens with zero attached hydrogens (tertiary/aromatic N) is 1. The van der Waals surface area contributed by atoms with Crippen LogP contribution in [0, 0.1) is 18.6 Å². The summed E-state index contributed by atoms with van der Waals surface area (Å²) in [4.78, 5) is 17.3. The van der Waals surface area contributed by atoms with Gasteiger partial charge in [0, 0.05) is 11.9 Å². The van der Waals surface area contributed by atoms with Gasteiger partial charge >= 0.3 is 0 Å². The second kappa shape index (κ2) is 7.83. The number of rotatable bonds is 5. The van der Waals surface area contributed by atoms with Gasteiger partial charge in [-0.15, -0.1) is 11.8 Å². The van der Waals surface area contributed by atoms with E-state index in [1.54, 1.807) is 25.1 Å². The highest BCUT2D eigenvalue weighted by Crippen LogP contribution is 2.29. The molecule has 0 saturated carbocycles. The average molecular weight is 372 g/mol. The number of fused-ring (bicyclic) bond motifs is 1. The van der Waals surface area contributed by atoms with E-state index in [2.05, 4.69) is 10.3 Å². The zero-order valence-electron chi connectivity index (χ0n) is 14.5. The Morgan fingerprint density at radius 1 is 1.15 bits per heavy atom. The zero-order chi connectivity index (χ0) is 18.7. The minimum Gasteiger partial charge on any atom is -0.348 e. The molecule has 0 aliphatic carbocycles. The first kappa shape index (κ1) is 18.3. The molecule has 1 amide bonds. The van der Waals surface area contributed by atoms with Crippen molar-refractivity contribution in [3.8, 4) is 0 Å². The van der Waals surface area contributed by atoms with Crippen LogP contribution in [0.4, 0.5) is 8.78 Å². The molecular weight excluding hydrogens is 354 g/mol. The van der Waals surface area contributed by atoms with Crippen LogP contribution in [0.15, 0.2) is 47.5 Å². The molecule has 0 saturated heterocycles. The smallest absolute Gasteiger partial charge is 0.254 e. The normalized spacial score (nSPS) is 10.9. The van der Waals surface area contributed by atoms with Crippen LogP contribution in [0.5, 0.6) is 0 Å². The fourth-order valence-electron chi connectivity index (χ4n) is 2.79. The number of nitrogens with one attached hydrogen (secondary N) is 1. The van der Waals surface area contributed by atoms with Gasteiger partial charge < -0.3 is 5.32 Å². The first-order chi connectivity index (χ1) is 12.5. The first-order valence-corrected chi connectivity index (χ1v) is 9.23. The lowest BCUT2D eigenvalue weighted by Crippen LogP contribution is -2.25. The Labute approximate surface area is 154 Å². The van der Waals surface area contributed by atoms with Gasteiger partial charge in [0.25, 0.3) is 5.91 Å². The highest BCUT2D eigenvalue weighted by Gasteiger charge is 2.19. The van der Waals surface area contributed by atoms with Crippen molar-refractivity contribution in [2.45, 2.75) is 25.4 Å². The topological polar surface area (TPSA) is 42.0 Å². The molecule has 134 valence electrons. The number of pyridine rings is 1. The molecule has 3 rings (SSSR count). The van der Waals surface area contributed by atoms with Crippen LogP contribution in [-0.4, -0.2) is 16.6 Å². The SMILES string of the molecule is CCSc1nc2ccc(F)cc2c(C)c1C(=O)NCc1cccc(F)c1. The minimum atomic E-state index is -0.371. The van der Waals surface area contributed by atoms with E-state index in [9.17, 15) is 13.6 Å². The molecule has 0 bridgehead atoms. The van der Waals surface area contributed by atoms with E-state index in [0.29, 0.717) is 32.6 Å². The highest BCUT2D eigenvalue weighted by molar-refractivity contribution is 7.99. The van der Waals surface area contributed by atoms with E-state index >= 15 is 0 Å². The molecule has 3 aromatic rings. The second-order valence-electron chi connectivity index (χ2n) is 5.82. The van der Waals surface area contributed by atoms with E-state index in [0.717, 1.165) is 5.75 Å². The fourth-order valence-corrected chi connectivity index (χ4v) is 3.62. The summed E-state index contributed by atoms with van der Waals surface area (Å²) in [5, 5.41) is 4.03. The van der Waals surface area contributed by atoms with Crippen molar-refractivity contribution in [2.75, 3.05) is 5.75 Å². The van der Waals surface area contributed by atoms with Crippen molar-refractivity contribution in [2.24, 2.45) is 0 Å². The molecule has 0 spiro atoms. The molecule has 1 heterocycles. The third-order valence-corrected chi connectivity index (χ3v) is 4.88. The number of halogens is 2. The Kier molecular flexibility index (Phi) is 5.52. The molecule has 0 atom stereocenters. The van der Waals surface area contributed by atoms with Crippen LogP contribution in [0.1, 0.15) is 28.4 Å². The number of amides is 1. The van der Waals surface area contributed by atoms with Crippen molar-refractivity contribution in [1.29, 1.82) is 0 Å². The van der Waals surface area contributed by atoms with Crippen LogP contribution >= 0.6 is 11.8 Å². The maximum absolute atomic E-state index is 13.6. The molecule has 0 unspecified atom stereocenters. The molecular formula is C20H18F2N2OS. The predicted molar refractivity (Wildman–Crippen MR) is 100 cm³/mol. The van der Waals surface area contributed by atoms with E-state index < -0.39 is 0 Å². The van der Waals surface area contributed by atoms with Crippen LogP contribution in [0.2, 0.25) is 0 Å². The molecule has 1 N–H and O–H groups in total. The number of hydrogen-bond acceptors (Lipinski definition) is 3. The molecule has 0 aliphatic heterocycles. The van der Waals surface area contributed by atoms with E-state index in [4.69, 9.17) is 0 Å². The number of carbonyl (C=O) groups is 1. The van der Waals surface area contributed by atoms with Crippen molar-refractivity contribution >= 4 is 28.6 Å². The van der Waals surface area contributed by atoms with Gasteiger partial charge in [-0.05, 0) is 54.1 Å². The van der Waals surface area contributed by atoms with Gasteiger partial charge in [-0.2, -0.15) is 0 Å². The van der Waals surface area contributed by atoms with Gasteiger partial charge in [0.15, 0.2) is 0 Å². The Hall–Kier alpha value is -2.47. The third kappa shape index (κ3) is 3.85. The lowest BCUT2D eigenvalue weighted by atomic mass is 10.0. The van der Waals surface area contributed by atoms with E-state index in [1.807, 2.05) is 6.92 Å². The van der Waals surface area contributed by atoms with Crippen molar-refractivity contribution in [3.05, 3.63) is 70.8 Å². The van der Waals surface area contributed by atoms with E-state index in [-0.39, 0.29) is 24.1 Å².